The number of hydrogen-bond donors (Lipinski definition) is 2. The first-order valence-electron chi connectivity index (χ1n) is 6.12. The molecule has 2 aromatic rings. The average molecular weight is 342 g/mol. The minimum absolute atomic E-state index is 0.266. The van der Waals surface area contributed by atoms with Crippen LogP contribution in [-0.4, -0.2) is 5.91 Å². The van der Waals surface area contributed by atoms with Gasteiger partial charge in [0.15, 0.2) is 0 Å². The van der Waals surface area contributed by atoms with E-state index in [-0.39, 0.29) is 5.91 Å². The van der Waals surface area contributed by atoms with E-state index >= 15 is 0 Å². The predicted octanol–water partition coefficient (Wildman–Crippen LogP) is 3.23. The molecule has 0 radical (unpaired) electrons. The van der Waals surface area contributed by atoms with E-state index in [9.17, 15) is 4.79 Å². The third kappa shape index (κ3) is 3.71. The minimum atomic E-state index is -0.266. The Morgan fingerprint density at radius 2 is 1.76 bits per heavy atom. The number of hydrogen-bond acceptors (Lipinski definition) is 3. The number of carbonyl (C=O) groups is 1. The van der Waals surface area contributed by atoms with Gasteiger partial charge in [0, 0.05) is 4.47 Å². The van der Waals surface area contributed by atoms with Crippen molar-refractivity contribution in [3.8, 4) is 6.07 Å². The molecule has 0 saturated heterocycles. The Hall–Kier alpha value is -2.58. The van der Waals surface area contributed by atoms with Crippen LogP contribution in [0.4, 0.5) is 0 Å². The lowest BCUT2D eigenvalue weighted by Crippen LogP contribution is -2.36. The summed E-state index contributed by atoms with van der Waals surface area (Å²) in [5.41, 5.74) is 7.78. The molecule has 104 valence electrons. The highest BCUT2D eigenvalue weighted by Crippen LogP contribution is 2.15. The van der Waals surface area contributed by atoms with Gasteiger partial charge in [-0.25, -0.2) is 0 Å². The molecule has 0 fully saturated rings. The number of halogens is 1. The second-order valence-corrected chi connectivity index (χ2v) is 5.08. The molecule has 0 bridgehead atoms. The van der Waals surface area contributed by atoms with Crippen molar-refractivity contribution < 1.29 is 4.79 Å². The van der Waals surface area contributed by atoms with Crippen LogP contribution in [0.5, 0.6) is 0 Å². The summed E-state index contributed by atoms with van der Waals surface area (Å²) in [7, 11) is 0. The van der Waals surface area contributed by atoms with Gasteiger partial charge in [-0.3, -0.25) is 15.6 Å². The summed E-state index contributed by atoms with van der Waals surface area (Å²) in [6, 6.07) is 16.1. The van der Waals surface area contributed by atoms with Crippen LogP contribution < -0.4 is 10.9 Å². The standard InChI is InChI=1S/C16H12BrN3O/c1-11(13-8-6-12(10-18)7-9-13)19-20-16(21)14-4-2-3-5-15(14)17/h2-9,19H,1H2,(H,20,21). The monoisotopic (exact) mass is 341 g/mol. The molecule has 0 atom stereocenters. The van der Waals surface area contributed by atoms with E-state index in [0.29, 0.717) is 21.3 Å². The number of carbonyl (C=O) groups excluding carboxylic acids is 1. The minimum Gasteiger partial charge on any atom is -0.298 e. The second kappa shape index (κ2) is 6.73. The van der Waals surface area contributed by atoms with Crippen molar-refractivity contribution in [2.45, 2.75) is 0 Å². The smallest absolute Gasteiger partial charge is 0.270 e. The molecule has 2 rings (SSSR count). The van der Waals surface area contributed by atoms with Crippen LogP contribution in [0.15, 0.2) is 59.6 Å². The lowest BCUT2D eigenvalue weighted by atomic mass is 10.1. The molecule has 0 saturated carbocycles. The number of nitriles is 1. The van der Waals surface area contributed by atoms with Gasteiger partial charge >= 0.3 is 0 Å². The summed E-state index contributed by atoms with van der Waals surface area (Å²) < 4.78 is 0.716. The molecule has 5 heteroatoms. The van der Waals surface area contributed by atoms with Crippen molar-refractivity contribution >= 4 is 27.5 Å². The summed E-state index contributed by atoms with van der Waals surface area (Å²) >= 11 is 3.32. The highest BCUT2D eigenvalue weighted by atomic mass is 79.9. The van der Waals surface area contributed by atoms with E-state index in [0.717, 1.165) is 5.56 Å². The Kier molecular flexibility index (Phi) is 4.75. The predicted molar refractivity (Wildman–Crippen MR) is 84.9 cm³/mol. The van der Waals surface area contributed by atoms with E-state index in [1.54, 1.807) is 42.5 Å². The number of hydrazine groups is 1. The van der Waals surface area contributed by atoms with Crippen LogP contribution in [0.2, 0.25) is 0 Å². The summed E-state index contributed by atoms with van der Waals surface area (Å²) in [6.45, 7) is 3.85. The van der Waals surface area contributed by atoms with E-state index in [2.05, 4.69) is 33.4 Å². The van der Waals surface area contributed by atoms with Crippen LogP contribution in [0.25, 0.3) is 5.70 Å². The summed E-state index contributed by atoms with van der Waals surface area (Å²) in [4.78, 5) is 12.0. The summed E-state index contributed by atoms with van der Waals surface area (Å²) in [6.07, 6.45) is 0. The fraction of sp³-hybridized carbons (Fsp3) is 0. The lowest BCUT2D eigenvalue weighted by Gasteiger charge is -2.12. The van der Waals surface area contributed by atoms with E-state index < -0.39 is 0 Å². The van der Waals surface area contributed by atoms with Crippen LogP contribution in [-0.2, 0) is 0 Å². The van der Waals surface area contributed by atoms with Crippen molar-refractivity contribution in [1.82, 2.24) is 10.9 Å². The molecule has 0 aromatic heterocycles. The van der Waals surface area contributed by atoms with Gasteiger partial charge in [-0.2, -0.15) is 5.26 Å². The number of nitrogens with one attached hydrogen (secondary N) is 2. The maximum absolute atomic E-state index is 12.0. The molecule has 1 amide bonds. The normalized spacial score (nSPS) is 9.52. The first kappa shape index (κ1) is 14.8. The molecule has 4 nitrogen and oxygen atoms in total. The number of benzene rings is 2. The highest BCUT2D eigenvalue weighted by molar-refractivity contribution is 9.10. The van der Waals surface area contributed by atoms with E-state index in [4.69, 9.17) is 5.26 Å². The molecule has 2 N–H and O–H groups in total. The summed E-state index contributed by atoms with van der Waals surface area (Å²) in [5, 5.41) is 8.75. The number of amides is 1. The third-order valence-corrected chi connectivity index (χ3v) is 3.50. The molecule has 0 aliphatic rings. The fourth-order valence-electron chi connectivity index (χ4n) is 1.66. The average Bonchev–Trinajstić information content (AvgIpc) is 2.52. The van der Waals surface area contributed by atoms with Gasteiger partial charge in [0.05, 0.1) is 22.9 Å². The molecule has 2 aromatic carbocycles. The zero-order valence-electron chi connectivity index (χ0n) is 11.1. The van der Waals surface area contributed by atoms with Gasteiger partial charge in [-0.15, -0.1) is 0 Å². The first-order valence-corrected chi connectivity index (χ1v) is 6.91. The summed E-state index contributed by atoms with van der Waals surface area (Å²) in [5.74, 6) is -0.266. The van der Waals surface area contributed by atoms with Gasteiger partial charge in [0.25, 0.3) is 5.91 Å². The SMILES string of the molecule is C=C(NNC(=O)c1ccccc1Br)c1ccc(C#N)cc1. The molecular formula is C16H12BrN3O. The van der Waals surface area contributed by atoms with Gasteiger partial charge in [-0.1, -0.05) is 30.8 Å². The molecule has 0 aliphatic heterocycles. The largest absolute Gasteiger partial charge is 0.298 e. The lowest BCUT2D eigenvalue weighted by molar-refractivity contribution is 0.0941. The second-order valence-electron chi connectivity index (χ2n) is 4.23. The van der Waals surface area contributed by atoms with Crippen LogP contribution in [0, 0.1) is 11.3 Å². The van der Waals surface area contributed by atoms with Gasteiger partial charge in [-0.05, 0) is 45.8 Å². The maximum atomic E-state index is 12.0. The van der Waals surface area contributed by atoms with E-state index in [1.807, 2.05) is 12.1 Å². The van der Waals surface area contributed by atoms with Crippen molar-refractivity contribution in [1.29, 1.82) is 5.26 Å². The highest BCUT2D eigenvalue weighted by Gasteiger charge is 2.09. The Balaban J connectivity index is 1.99. The van der Waals surface area contributed by atoms with Gasteiger partial charge in [0.1, 0.15) is 0 Å². The van der Waals surface area contributed by atoms with Gasteiger partial charge in [0.2, 0.25) is 0 Å². The molecule has 21 heavy (non-hydrogen) atoms. The molecular weight excluding hydrogens is 330 g/mol. The fourth-order valence-corrected chi connectivity index (χ4v) is 2.13. The maximum Gasteiger partial charge on any atom is 0.270 e. The van der Waals surface area contributed by atoms with Gasteiger partial charge < -0.3 is 0 Å². The first-order chi connectivity index (χ1) is 10.1. The topological polar surface area (TPSA) is 64.9 Å². The Labute approximate surface area is 131 Å². The van der Waals surface area contributed by atoms with Crippen LogP contribution in [0.3, 0.4) is 0 Å². The molecule has 0 aliphatic carbocycles. The van der Waals surface area contributed by atoms with Crippen molar-refractivity contribution in [2.24, 2.45) is 0 Å². The Morgan fingerprint density at radius 1 is 1.10 bits per heavy atom. The Bertz CT molecular complexity index is 717. The van der Waals surface area contributed by atoms with Crippen LogP contribution >= 0.6 is 15.9 Å². The Morgan fingerprint density at radius 3 is 2.38 bits per heavy atom. The third-order valence-electron chi connectivity index (χ3n) is 2.81. The van der Waals surface area contributed by atoms with Crippen molar-refractivity contribution in [2.75, 3.05) is 0 Å². The molecule has 0 heterocycles. The molecule has 0 unspecified atom stereocenters. The zero-order chi connectivity index (χ0) is 15.2. The molecule has 0 spiro atoms. The van der Waals surface area contributed by atoms with Crippen molar-refractivity contribution in [3.63, 3.8) is 0 Å². The number of nitrogens with zero attached hydrogens (tertiary/aromatic N) is 1. The zero-order valence-corrected chi connectivity index (χ0v) is 12.6. The quantitative estimate of drug-likeness (QED) is 0.839. The van der Waals surface area contributed by atoms with Crippen LogP contribution in [0.1, 0.15) is 21.5 Å². The van der Waals surface area contributed by atoms with Crippen molar-refractivity contribution in [3.05, 3.63) is 76.3 Å². The van der Waals surface area contributed by atoms with E-state index in [1.165, 1.54) is 0 Å². The number of rotatable bonds is 4.